The smallest absolute Gasteiger partial charge is 0.433 e. The maximum absolute atomic E-state index is 13.8. The summed E-state index contributed by atoms with van der Waals surface area (Å²) in [6, 6.07) is 8.07. The molecule has 326 valence electrons. The molecule has 0 spiro atoms. The van der Waals surface area contributed by atoms with Crippen molar-refractivity contribution in [2.24, 2.45) is 5.73 Å². The van der Waals surface area contributed by atoms with Crippen LogP contribution in [0.15, 0.2) is 42.6 Å². The first-order valence-corrected chi connectivity index (χ1v) is 19.1. The predicted molar refractivity (Wildman–Crippen MR) is 203 cm³/mol. The van der Waals surface area contributed by atoms with Crippen LogP contribution in [-0.4, -0.2) is 88.5 Å². The molecule has 2 aliphatic rings. The van der Waals surface area contributed by atoms with E-state index in [0.717, 1.165) is 35.9 Å². The number of alkyl halides is 6. The molecule has 0 saturated carbocycles. The summed E-state index contributed by atoms with van der Waals surface area (Å²) in [6.45, 7) is 4.60. The van der Waals surface area contributed by atoms with Gasteiger partial charge in [0.25, 0.3) is 0 Å². The van der Waals surface area contributed by atoms with E-state index < -0.39 is 53.2 Å². The second kappa shape index (κ2) is 20.6. The molecule has 5 N–H and O–H groups in total. The zero-order valence-electron chi connectivity index (χ0n) is 32.7. The molecule has 1 aromatic carbocycles. The third kappa shape index (κ3) is 12.7. The van der Waals surface area contributed by atoms with Crippen LogP contribution in [0, 0.1) is 11.3 Å². The van der Waals surface area contributed by atoms with E-state index in [0.29, 0.717) is 69.7 Å². The van der Waals surface area contributed by atoms with Gasteiger partial charge in [-0.2, -0.15) is 31.6 Å². The van der Waals surface area contributed by atoms with E-state index in [9.17, 15) is 51.1 Å². The summed E-state index contributed by atoms with van der Waals surface area (Å²) >= 11 is 0. The summed E-state index contributed by atoms with van der Waals surface area (Å²) in [4.78, 5) is 43.9. The number of fused-ring (bicyclic) bond motifs is 1. The number of anilines is 2. The lowest BCUT2D eigenvalue weighted by molar-refractivity contribution is -0.141. The van der Waals surface area contributed by atoms with Crippen LogP contribution in [0.5, 0.6) is 0 Å². The van der Waals surface area contributed by atoms with Gasteiger partial charge in [-0.25, -0.2) is 9.78 Å². The average molecular weight is 853 g/mol. The van der Waals surface area contributed by atoms with Crippen molar-refractivity contribution in [1.29, 1.82) is 5.26 Å². The molecule has 4 heterocycles. The number of carbonyl (C=O) groups is 3. The lowest BCUT2D eigenvalue weighted by atomic mass is 9.79. The van der Waals surface area contributed by atoms with Gasteiger partial charge in [-0.1, -0.05) is 6.92 Å². The van der Waals surface area contributed by atoms with Crippen molar-refractivity contribution < 1.29 is 65.5 Å². The minimum atomic E-state index is -4.85. The average Bonchev–Trinajstić information content (AvgIpc) is 3.19. The molecule has 1 fully saturated rings. The zero-order valence-corrected chi connectivity index (χ0v) is 32.7. The minimum Gasteiger partial charge on any atom is -0.481 e. The van der Waals surface area contributed by atoms with Crippen LogP contribution >= 0.6 is 0 Å². The minimum absolute atomic E-state index is 0.0800. The molecule has 0 radical (unpaired) electrons. The normalized spacial score (nSPS) is 17.9. The molecule has 2 aliphatic heterocycles. The second-order valence-corrected chi connectivity index (χ2v) is 14.3. The molecule has 2 aromatic heterocycles. The zero-order chi connectivity index (χ0) is 44.3. The standard InChI is InChI=1S/C30H28F6N6O3.C10H18O5/c1-2-28(38)14-22(26-23(42(28)27(43)44)3-4-24(40-26)30(34,35)36)25-19(13-21(16-39-25)41-5-7-45-8-6-41)10-17-9-18(15-37)12-20(11-17)29(31,32)33;11-9(12)5-1-3-7-15-8-4-2-6-10(13)14/h3-4,9,11-13,16,22H,2,5-8,10,14,38H2,1H3,(H,43,44);1-8H2,(H,11,12)(H,13,14)/t22-,28+;/m0./s1. The Labute approximate surface area is 341 Å². The maximum atomic E-state index is 13.8. The fourth-order valence-electron chi connectivity index (χ4n) is 6.94. The third-order valence-electron chi connectivity index (χ3n) is 9.97. The quantitative estimate of drug-likeness (QED) is 0.0868. The van der Waals surface area contributed by atoms with Gasteiger partial charge in [-0.05, 0) is 92.5 Å². The number of halogens is 6. The molecule has 5 rings (SSSR count). The number of amides is 1. The van der Waals surface area contributed by atoms with Crippen LogP contribution in [0.3, 0.4) is 0 Å². The van der Waals surface area contributed by atoms with Crippen molar-refractivity contribution in [3.63, 3.8) is 0 Å². The Bertz CT molecular complexity index is 2000. The molecule has 14 nitrogen and oxygen atoms in total. The molecule has 3 aromatic rings. The van der Waals surface area contributed by atoms with E-state index >= 15 is 0 Å². The van der Waals surface area contributed by atoms with Crippen molar-refractivity contribution in [1.82, 2.24) is 9.97 Å². The Morgan fingerprint density at radius 2 is 1.57 bits per heavy atom. The summed E-state index contributed by atoms with van der Waals surface area (Å²) in [5.74, 6) is -2.62. The van der Waals surface area contributed by atoms with Crippen LogP contribution in [0.1, 0.15) is 104 Å². The summed E-state index contributed by atoms with van der Waals surface area (Å²) in [5.41, 5.74) is 3.45. The second-order valence-electron chi connectivity index (χ2n) is 14.3. The van der Waals surface area contributed by atoms with E-state index in [1.165, 1.54) is 12.3 Å². The molecule has 0 bridgehead atoms. The summed E-state index contributed by atoms with van der Waals surface area (Å²) in [5, 5.41) is 36.2. The Balaban J connectivity index is 0.000000451. The first kappa shape index (κ1) is 47.2. The number of carboxylic acids is 2. The van der Waals surface area contributed by atoms with E-state index in [1.807, 2.05) is 4.90 Å². The lowest BCUT2D eigenvalue weighted by Crippen LogP contribution is -2.61. The number of pyridine rings is 2. The highest BCUT2D eigenvalue weighted by atomic mass is 19.4. The van der Waals surface area contributed by atoms with Crippen molar-refractivity contribution >= 4 is 29.4 Å². The molecule has 0 aliphatic carbocycles. The van der Waals surface area contributed by atoms with Gasteiger partial charge in [-0.3, -0.25) is 19.5 Å². The van der Waals surface area contributed by atoms with E-state index in [-0.39, 0.29) is 60.3 Å². The number of rotatable bonds is 15. The lowest BCUT2D eigenvalue weighted by Gasteiger charge is -2.46. The first-order valence-electron chi connectivity index (χ1n) is 19.1. The van der Waals surface area contributed by atoms with Gasteiger partial charge in [0.05, 0.1) is 59.4 Å². The van der Waals surface area contributed by atoms with Crippen molar-refractivity contribution in [2.45, 2.75) is 88.6 Å². The van der Waals surface area contributed by atoms with Crippen molar-refractivity contribution in [2.75, 3.05) is 49.3 Å². The number of aromatic nitrogens is 2. The van der Waals surface area contributed by atoms with Gasteiger partial charge >= 0.3 is 30.4 Å². The number of morpholine rings is 1. The van der Waals surface area contributed by atoms with Crippen LogP contribution in [0.2, 0.25) is 0 Å². The molecule has 20 heteroatoms. The fourth-order valence-corrected chi connectivity index (χ4v) is 6.94. The number of carboxylic acid groups (broad SMARTS) is 3. The number of unbranched alkanes of at least 4 members (excludes halogenated alkanes) is 2. The number of benzene rings is 1. The van der Waals surface area contributed by atoms with E-state index in [4.69, 9.17) is 25.4 Å². The number of hydrogen-bond acceptors (Lipinski definition) is 10. The largest absolute Gasteiger partial charge is 0.481 e. The van der Waals surface area contributed by atoms with Crippen molar-refractivity contribution in [3.8, 4) is 6.07 Å². The van der Waals surface area contributed by atoms with Crippen LogP contribution in [0.25, 0.3) is 0 Å². The summed E-state index contributed by atoms with van der Waals surface area (Å²) < 4.78 is 93.3. The molecule has 60 heavy (non-hydrogen) atoms. The van der Waals surface area contributed by atoms with Crippen molar-refractivity contribution in [3.05, 3.63) is 81.9 Å². The maximum Gasteiger partial charge on any atom is 0.433 e. The third-order valence-corrected chi connectivity index (χ3v) is 9.97. The highest BCUT2D eigenvalue weighted by Crippen LogP contribution is 2.47. The molecular weight excluding hydrogens is 806 g/mol. The molecule has 0 unspecified atom stereocenters. The van der Waals surface area contributed by atoms with E-state index in [2.05, 4.69) is 9.97 Å². The SMILES string of the molecule is CC[C@]1(N)C[C@@H](c2ncc(N3CCOCC3)cc2Cc2cc(C#N)cc(C(F)(F)F)c2)c2nc(C(F)(F)F)ccc2N1C(=O)O.O=C(O)CCCCOCCCCC(=O)O. The van der Waals surface area contributed by atoms with Gasteiger partial charge in [-0.15, -0.1) is 0 Å². The summed E-state index contributed by atoms with van der Waals surface area (Å²) in [7, 11) is 0. The number of nitrogens with zero attached hydrogens (tertiary/aromatic N) is 5. The van der Waals surface area contributed by atoms with Gasteiger partial charge < -0.3 is 35.4 Å². The molecule has 2 atom stereocenters. The van der Waals surface area contributed by atoms with Crippen LogP contribution < -0.4 is 15.5 Å². The highest BCUT2D eigenvalue weighted by molar-refractivity contribution is 5.89. The Kier molecular flexibility index (Phi) is 16.2. The van der Waals surface area contributed by atoms with Gasteiger partial charge in [0, 0.05) is 45.1 Å². The predicted octanol–water partition coefficient (Wildman–Crippen LogP) is 7.41. The Morgan fingerprint density at radius 3 is 2.10 bits per heavy atom. The van der Waals surface area contributed by atoms with Gasteiger partial charge in [0.15, 0.2) is 0 Å². The number of hydrogen-bond donors (Lipinski definition) is 4. The Hall–Kier alpha value is -5.52. The molecular formula is C40H46F6N6O8. The molecule has 1 saturated heterocycles. The van der Waals surface area contributed by atoms with Gasteiger partial charge in [0.2, 0.25) is 0 Å². The van der Waals surface area contributed by atoms with Gasteiger partial charge in [0.1, 0.15) is 11.4 Å². The number of nitriles is 1. The highest BCUT2D eigenvalue weighted by Gasteiger charge is 2.47. The number of nitrogens with two attached hydrogens (primary N) is 1. The Morgan fingerprint density at radius 1 is 0.933 bits per heavy atom. The monoisotopic (exact) mass is 852 g/mol. The van der Waals surface area contributed by atoms with Crippen LogP contribution in [-0.2, 0) is 37.8 Å². The first-order chi connectivity index (χ1) is 28.3. The number of ether oxygens (including phenoxy) is 2. The topological polar surface area (TPSA) is 212 Å². The number of aliphatic carboxylic acids is 2. The van der Waals surface area contributed by atoms with E-state index in [1.54, 1.807) is 19.1 Å². The summed E-state index contributed by atoms with van der Waals surface area (Å²) in [6.07, 6.45) is -6.75. The fraction of sp³-hybridized carbons (Fsp3) is 0.500. The molecule has 1 amide bonds. The van der Waals surface area contributed by atoms with Crippen LogP contribution in [0.4, 0.5) is 42.5 Å².